The summed E-state index contributed by atoms with van der Waals surface area (Å²) in [5.74, 6) is 0.898. The fraction of sp³-hybridized carbons (Fsp3) is 0.619. The van der Waals surface area contributed by atoms with E-state index in [2.05, 4.69) is 17.6 Å². The van der Waals surface area contributed by atoms with Gasteiger partial charge in [0, 0.05) is 6.04 Å². The number of guanidine groups is 1. The van der Waals surface area contributed by atoms with Crippen LogP contribution in [0, 0.1) is 5.92 Å². The zero-order valence-electron chi connectivity index (χ0n) is 16.3. The molecule has 3 rings (SSSR count). The van der Waals surface area contributed by atoms with Crippen molar-refractivity contribution in [2.75, 3.05) is 12.4 Å². The third-order valence-electron chi connectivity index (χ3n) is 5.73. The molecule has 2 fully saturated rings. The lowest BCUT2D eigenvalue weighted by Gasteiger charge is -2.27. The third-order valence-corrected chi connectivity index (χ3v) is 5.73. The van der Waals surface area contributed by atoms with E-state index in [-0.39, 0.29) is 11.8 Å². The van der Waals surface area contributed by atoms with Crippen molar-refractivity contribution in [1.29, 1.82) is 0 Å². The second-order valence-corrected chi connectivity index (χ2v) is 7.78. The highest BCUT2D eigenvalue weighted by Gasteiger charge is 2.23. The number of carbonyl (C=O) groups excluding carboxylic acids is 1. The number of esters is 1. The Kier molecular flexibility index (Phi) is 6.58. The molecule has 6 nitrogen and oxygen atoms in total. The van der Waals surface area contributed by atoms with Gasteiger partial charge in [-0.05, 0) is 49.8 Å². The highest BCUT2D eigenvalue weighted by atomic mass is 16.5. The normalized spacial score (nSPS) is 23.9. The van der Waals surface area contributed by atoms with Crippen molar-refractivity contribution in [3.8, 4) is 5.75 Å². The van der Waals surface area contributed by atoms with Gasteiger partial charge in [0.25, 0.3) is 0 Å². The minimum absolute atomic E-state index is 0.0836. The molecule has 0 aliphatic heterocycles. The molecule has 0 amide bonds. The molecule has 2 aliphatic rings. The largest absolute Gasteiger partial charge is 0.506 e. The Balaban J connectivity index is 1.83. The number of anilines is 1. The molecule has 1 aromatic carbocycles. The first-order valence-electron chi connectivity index (χ1n) is 10.1. The van der Waals surface area contributed by atoms with Crippen LogP contribution in [-0.2, 0) is 4.74 Å². The molecule has 148 valence electrons. The predicted octanol–water partition coefficient (Wildman–Crippen LogP) is 4.06. The number of phenolic OH excluding ortho intramolecular Hbond substituents is 1. The van der Waals surface area contributed by atoms with Crippen LogP contribution in [0.1, 0.15) is 68.6 Å². The van der Waals surface area contributed by atoms with Crippen LogP contribution in [0.4, 0.5) is 5.69 Å². The van der Waals surface area contributed by atoms with Crippen LogP contribution in [0.3, 0.4) is 0 Å². The number of nitrogens with zero attached hydrogens (tertiary/aromatic N) is 1. The van der Waals surface area contributed by atoms with Gasteiger partial charge in [-0.1, -0.05) is 32.6 Å². The second-order valence-electron chi connectivity index (χ2n) is 7.78. The maximum Gasteiger partial charge on any atom is 0.337 e. The van der Waals surface area contributed by atoms with Crippen LogP contribution in [0.2, 0.25) is 0 Å². The number of aliphatic imine (C=N–C) groups is 1. The van der Waals surface area contributed by atoms with Gasteiger partial charge in [-0.2, -0.15) is 0 Å². The van der Waals surface area contributed by atoms with Gasteiger partial charge in [0.1, 0.15) is 5.75 Å². The molecule has 2 aliphatic carbocycles. The first-order valence-corrected chi connectivity index (χ1v) is 10.1. The van der Waals surface area contributed by atoms with Crippen LogP contribution in [-0.4, -0.2) is 36.2 Å². The van der Waals surface area contributed by atoms with E-state index in [1.54, 1.807) is 12.1 Å². The second kappa shape index (κ2) is 9.11. The minimum atomic E-state index is -0.429. The van der Waals surface area contributed by atoms with Crippen LogP contribution in [0.25, 0.3) is 0 Å². The summed E-state index contributed by atoms with van der Waals surface area (Å²) in [6, 6.07) is 5.35. The highest BCUT2D eigenvalue weighted by Crippen LogP contribution is 2.28. The average molecular weight is 373 g/mol. The number of hydrogen-bond donors (Lipinski definition) is 3. The number of phenols is 1. The maximum atomic E-state index is 11.8. The first-order chi connectivity index (χ1) is 13.1. The van der Waals surface area contributed by atoms with Crippen molar-refractivity contribution in [3.63, 3.8) is 0 Å². The Morgan fingerprint density at radius 1 is 1.15 bits per heavy atom. The summed E-state index contributed by atoms with van der Waals surface area (Å²) in [4.78, 5) is 16.8. The van der Waals surface area contributed by atoms with Crippen molar-refractivity contribution in [1.82, 2.24) is 5.32 Å². The summed E-state index contributed by atoms with van der Waals surface area (Å²) >= 11 is 0. The number of aromatic hydroxyl groups is 1. The van der Waals surface area contributed by atoms with E-state index < -0.39 is 5.97 Å². The average Bonchev–Trinajstić information content (AvgIpc) is 3.17. The molecule has 2 saturated carbocycles. The van der Waals surface area contributed by atoms with E-state index in [0.29, 0.717) is 29.2 Å². The van der Waals surface area contributed by atoms with Gasteiger partial charge in [-0.15, -0.1) is 0 Å². The molecule has 0 radical (unpaired) electrons. The van der Waals surface area contributed by atoms with Crippen LogP contribution >= 0.6 is 0 Å². The molecular weight excluding hydrogens is 342 g/mol. The Morgan fingerprint density at radius 2 is 1.85 bits per heavy atom. The summed E-state index contributed by atoms with van der Waals surface area (Å²) in [5.41, 5.74) is 0.856. The molecule has 1 aromatic rings. The lowest BCUT2D eigenvalue weighted by molar-refractivity contribution is 0.0601. The van der Waals surface area contributed by atoms with Crippen LogP contribution < -0.4 is 10.6 Å². The van der Waals surface area contributed by atoms with E-state index in [1.165, 1.54) is 45.3 Å². The molecule has 0 heterocycles. The Morgan fingerprint density at radius 3 is 2.56 bits per heavy atom. The number of benzene rings is 1. The van der Waals surface area contributed by atoms with E-state index >= 15 is 0 Å². The maximum absolute atomic E-state index is 11.8. The fourth-order valence-electron chi connectivity index (χ4n) is 4.03. The molecule has 0 bridgehead atoms. The van der Waals surface area contributed by atoms with Gasteiger partial charge in [0.2, 0.25) is 0 Å². The van der Waals surface area contributed by atoms with E-state index in [9.17, 15) is 9.90 Å². The Hall–Kier alpha value is -2.24. The molecule has 2 atom stereocenters. The molecule has 6 heteroatoms. The number of rotatable bonds is 4. The van der Waals surface area contributed by atoms with Crippen molar-refractivity contribution >= 4 is 17.6 Å². The monoisotopic (exact) mass is 373 g/mol. The summed E-state index contributed by atoms with van der Waals surface area (Å²) < 4.78 is 4.79. The van der Waals surface area contributed by atoms with Gasteiger partial charge in [-0.3, -0.25) is 0 Å². The summed E-state index contributed by atoms with van der Waals surface area (Å²) in [6.45, 7) is 2.26. The predicted molar refractivity (Wildman–Crippen MR) is 107 cm³/mol. The summed E-state index contributed by atoms with van der Waals surface area (Å²) in [5, 5.41) is 17.0. The SMILES string of the molecule is COC(=O)c1ccc(O)c(NC(=NC2CCCCC2C)NC2CCCC2)c1. The van der Waals surface area contributed by atoms with Crippen molar-refractivity contribution < 1.29 is 14.6 Å². The van der Waals surface area contributed by atoms with E-state index in [1.807, 2.05) is 0 Å². The third kappa shape index (κ3) is 5.15. The minimum Gasteiger partial charge on any atom is -0.506 e. The Bertz CT molecular complexity index is 683. The Labute approximate surface area is 161 Å². The molecular formula is C21H31N3O3. The van der Waals surface area contributed by atoms with Crippen molar-refractivity contribution in [3.05, 3.63) is 23.8 Å². The van der Waals surface area contributed by atoms with Gasteiger partial charge in [0.05, 0.1) is 24.4 Å². The molecule has 2 unspecified atom stereocenters. The standard InChI is InChI=1S/C21H31N3O3/c1-14-7-3-6-10-17(14)23-21(22-16-8-4-5-9-16)24-18-13-15(20(26)27-2)11-12-19(18)25/h11-14,16-17,25H,3-10H2,1-2H3,(H2,22,23,24). The van der Waals surface area contributed by atoms with Gasteiger partial charge >= 0.3 is 5.97 Å². The molecule has 27 heavy (non-hydrogen) atoms. The highest BCUT2D eigenvalue weighted by molar-refractivity contribution is 5.97. The molecule has 0 aromatic heterocycles. The zero-order valence-corrected chi connectivity index (χ0v) is 16.3. The van der Waals surface area contributed by atoms with Crippen LogP contribution in [0.5, 0.6) is 5.75 Å². The van der Waals surface area contributed by atoms with Gasteiger partial charge in [0.15, 0.2) is 5.96 Å². The van der Waals surface area contributed by atoms with Gasteiger partial charge < -0.3 is 20.5 Å². The summed E-state index contributed by atoms with van der Waals surface area (Å²) in [7, 11) is 1.35. The number of ether oxygens (including phenoxy) is 1. The molecule has 3 N–H and O–H groups in total. The first kappa shape index (κ1) is 19.5. The molecule has 0 spiro atoms. The summed E-state index contributed by atoms with van der Waals surface area (Å²) in [6.07, 6.45) is 9.50. The number of hydrogen-bond acceptors (Lipinski definition) is 4. The van der Waals surface area contributed by atoms with Crippen molar-refractivity contribution in [2.45, 2.75) is 70.4 Å². The lowest BCUT2D eigenvalue weighted by Crippen LogP contribution is -2.39. The van der Waals surface area contributed by atoms with Gasteiger partial charge in [-0.25, -0.2) is 9.79 Å². The number of carbonyl (C=O) groups is 1. The lowest BCUT2D eigenvalue weighted by atomic mass is 9.86. The fourth-order valence-corrected chi connectivity index (χ4v) is 4.03. The smallest absolute Gasteiger partial charge is 0.337 e. The van der Waals surface area contributed by atoms with E-state index in [4.69, 9.17) is 9.73 Å². The number of methoxy groups -OCH3 is 1. The van der Waals surface area contributed by atoms with E-state index in [0.717, 1.165) is 19.3 Å². The quantitative estimate of drug-likeness (QED) is 0.321. The number of nitrogens with one attached hydrogen (secondary N) is 2. The van der Waals surface area contributed by atoms with Crippen LogP contribution in [0.15, 0.2) is 23.2 Å². The topological polar surface area (TPSA) is 83.0 Å². The zero-order chi connectivity index (χ0) is 19.2. The van der Waals surface area contributed by atoms with Crippen molar-refractivity contribution in [2.24, 2.45) is 10.9 Å². The molecule has 0 saturated heterocycles.